The number of para-hydroxylation sites is 1. The summed E-state index contributed by atoms with van der Waals surface area (Å²) < 4.78 is 0. The summed E-state index contributed by atoms with van der Waals surface area (Å²) >= 11 is 0. The van der Waals surface area contributed by atoms with Crippen LogP contribution in [0.4, 0.5) is 10.5 Å². The number of rotatable bonds is 5. The number of nitrogens with one attached hydrogen (secondary N) is 2. The lowest BCUT2D eigenvalue weighted by Gasteiger charge is -2.35. The SMILES string of the molecule is CC(C)NC(=O)Nc1cccc(C(=O)N2CCN(Cc3cccc4cccnc34)CC2)c1. The maximum Gasteiger partial charge on any atom is 0.319 e. The van der Waals surface area contributed by atoms with Crippen LogP contribution < -0.4 is 10.6 Å². The van der Waals surface area contributed by atoms with Crippen molar-refractivity contribution in [2.75, 3.05) is 31.5 Å². The highest BCUT2D eigenvalue weighted by Gasteiger charge is 2.23. The molecule has 3 aromatic rings. The lowest BCUT2D eigenvalue weighted by atomic mass is 10.1. The number of nitrogens with zero attached hydrogens (tertiary/aromatic N) is 3. The number of anilines is 1. The van der Waals surface area contributed by atoms with E-state index < -0.39 is 0 Å². The molecule has 2 aromatic carbocycles. The molecule has 0 spiro atoms. The van der Waals surface area contributed by atoms with E-state index in [1.54, 1.807) is 24.3 Å². The van der Waals surface area contributed by atoms with Gasteiger partial charge in [0.05, 0.1) is 5.52 Å². The first-order valence-electron chi connectivity index (χ1n) is 11.0. The molecule has 1 aliphatic heterocycles. The van der Waals surface area contributed by atoms with Crippen molar-refractivity contribution < 1.29 is 9.59 Å². The smallest absolute Gasteiger partial charge is 0.319 e. The molecule has 0 aliphatic carbocycles. The monoisotopic (exact) mass is 431 g/mol. The van der Waals surface area contributed by atoms with Gasteiger partial charge in [-0.05, 0) is 43.7 Å². The number of hydrogen-bond acceptors (Lipinski definition) is 4. The molecule has 0 radical (unpaired) electrons. The second-order valence-electron chi connectivity index (χ2n) is 8.39. The Morgan fingerprint density at radius 3 is 2.53 bits per heavy atom. The van der Waals surface area contributed by atoms with Crippen LogP contribution in [0, 0.1) is 0 Å². The second-order valence-corrected chi connectivity index (χ2v) is 8.39. The van der Waals surface area contributed by atoms with Gasteiger partial charge in [0.15, 0.2) is 0 Å². The molecule has 0 saturated carbocycles. The van der Waals surface area contributed by atoms with Crippen molar-refractivity contribution >= 4 is 28.5 Å². The van der Waals surface area contributed by atoms with Gasteiger partial charge < -0.3 is 15.5 Å². The van der Waals surface area contributed by atoms with E-state index in [2.05, 4.69) is 44.8 Å². The fourth-order valence-electron chi connectivity index (χ4n) is 3.99. The molecule has 4 rings (SSSR count). The van der Waals surface area contributed by atoms with Crippen molar-refractivity contribution in [1.82, 2.24) is 20.1 Å². The highest BCUT2D eigenvalue weighted by molar-refractivity contribution is 5.97. The Morgan fingerprint density at radius 2 is 1.75 bits per heavy atom. The summed E-state index contributed by atoms with van der Waals surface area (Å²) in [6.45, 7) is 7.57. The Hall–Kier alpha value is -3.45. The minimum Gasteiger partial charge on any atom is -0.336 e. The largest absolute Gasteiger partial charge is 0.336 e. The van der Waals surface area contributed by atoms with Crippen LogP contribution in [0.1, 0.15) is 29.8 Å². The van der Waals surface area contributed by atoms with Crippen LogP contribution in [-0.2, 0) is 6.54 Å². The van der Waals surface area contributed by atoms with Crippen molar-refractivity contribution in [3.05, 3.63) is 71.9 Å². The van der Waals surface area contributed by atoms with E-state index >= 15 is 0 Å². The Balaban J connectivity index is 1.35. The predicted molar refractivity (Wildman–Crippen MR) is 127 cm³/mol. The lowest BCUT2D eigenvalue weighted by Crippen LogP contribution is -2.48. The fourth-order valence-corrected chi connectivity index (χ4v) is 3.99. The number of hydrogen-bond donors (Lipinski definition) is 2. The number of amides is 3. The Labute approximate surface area is 188 Å². The molecule has 7 nitrogen and oxygen atoms in total. The van der Waals surface area contributed by atoms with Gasteiger partial charge in [-0.15, -0.1) is 0 Å². The highest BCUT2D eigenvalue weighted by Crippen LogP contribution is 2.19. The molecule has 2 N–H and O–H groups in total. The fraction of sp³-hybridized carbons (Fsp3) is 0.320. The van der Waals surface area contributed by atoms with Crippen molar-refractivity contribution in [2.45, 2.75) is 26.4 Å². The van der Waals surface area contributed by atoms with Gasteiger partial charge in [-0.3, -0.25) is 14.7 Å². The van der Waals surface area contributed by atoms with Crippen LogP contribution in [0.5, 0.6) is 0 Å². The summed E-state index contributed by atoms with van der Waals surface area (Å²) in [6.07, 6.45) is 1.83. The van der Waals surface area contributed by atoms with E-state index in [-0.39, 0.29) is 18.0 Å². The van der Waals surface area contributed by atoms with E-state index in [0.717, 1.165) is 30.5 Å². The zero-order valence-electron chi connectivity index (χ0n) is 18.5. The summed E-state index contributed by atoms with van der Waals surface area (Å²) in [6, 6.07) is 17.2. The molecular formula is C25H29N5O2. The average molecular weight is 432 g/mol. The maximum absolute atomic E-state index is 13.0. The number of piperazine rings is 1. The number of benzene rings is 2. The molecule has 32 heavy (non-hydrogen) atoms. The number of carbonyl (C=O) groups is 2. The van der Waals surface area contributed by atoms with Gasteiger partial charge in [0.25, 0.3) is 5.91 Å². The van der Waals surface area contributed by atoms with E-state index in [9.17, 15) is 9.59 Å². The molecule has 3 amide bonds. The van der Waals surface area contributed by atoms with E-state index in [0.29, 0.717) is 24.3 Å². The third-order valence-electron chi connectivity index (χ3n) is 5.56. The van der Waals surface area contributed by atoms with Crippen LogP contribution in [-0.4, -0.2) is 58.9 Å². The normalized spacial score (nSPS) is 14.5. The molecule has 1 aromatic heterocycles. The molecule has 1 fully saturated rings. The van der Waals surface area contributed by atoms with Crippen LogP contribution >= 0.6 is 0 Å². The zero-order chi connectivity index (χ0) is 22.5. The van der Waals surface area contributed by atoms with Gasteiger partial charge in [0, 0.05) is 61.6 Å². The van der Waals surface area contributed by atoms with Crippen molar-refractivity contribution in [1.29, 1.82) is 0 Å². The van der Waals surface area contributed by atoms with E-state index in [4.69, 9.17) is 0 Å². The van der Waals surface area contributed by atoms with E-state index in [1.807, 2.05) is 31.0 Å². The average Bonchev–Trinajstić information content (AvgIpc) is 2.79. The quantitative estimate of drug-likeness (QED) is 0.645. The van der Waals surface area contributed by atoms with Gasteiger partial charge in [0.1, 0.15) is 0 Å². The van der Waals surface area contributed by atoms with Crippen LogP contribution in [0.3, 0.4) is 0 Å². The second kappa shape index (κ2) is 9.78. The minimum absolute atomic E-state index is 0.00982. The minimum atomic E-state index is -0.277. The molecule has 0 atom stereocenters. The summed E-state index contributed by atoms with van der Waals surface area (Å²) in [5.41, 5.74) is 3.44. The van der Waals surface area contributed by atoms with Crippen LogP contribution in [0.15, 0.2) is 60.8 Å². The summed E-state index contributed by atoms with van der Waals surface area (Å²) in [4.78, 5) is 33.8. The summed E-state index contributed by atoms with van der Waals surface area (Å²) in [5.74, 6) is -0.00982. The van der Waals surface area contributed by atoms with Gasteiger partial charge in [-0.1, -0.05) is 30.3 Å². The number of aromatic nitrogens is 1. The van der Waals surface area contributed by atoms with Gasteiger partial charge in [-0.25, -0.2) is 4.79 Å². The highest BCUT2D eigenvalue weighted by atomic mass is 16.2. The third-order valence-corrected chi connectivity index (χ3v) is 5.56. The number of pyridine rings is 1. The topological polar surface area (TPSA) is 77.6 Å². The molecule has 1 saturated heterocycles. The van der Waals surface area contributed by atoms with Gasteiger partial charge in [-0.2, -0.15) is 0 Å². The first kappa shape index (κ1) is 21.8. The zero-order valence-corrected chi connectivity index (χ0v) is 18.5. The molecule has 2 heterocycles. The van der Waals surface area contributed by atoms with Gasteiger partial charge in [0.2, 0.25) is 0 Å². The molecule has 0 bridgehead atoms. The lowest BCUT2D eigenvalue weighted by molar-refractivity contribution is 0.0629. The summed E-state index contributed by atoms with van der Waals surface area (Å²) in [5, 5.41) is 6.72. The van der Waals surface area contributed by atoms with E-state index in [1.165, 1.54) is 5.56 Å². The molecule has 7 heteroatoms. The Bertz CT molecular complexity index is 1100. The first-order chi connectivity index (χ1) is 15.5. The van der Waals surface area contributed by atoms with Crippen LogP contribution in [0.25, 0.3) is 10.9 Å². The first-order valence-corrected chi connectivity index (χ1v) is 11.0. The molecule has 0 unspecified atom stereocenters. The van der Waals surface area contributed by atoms with Crippen molar-refractivity contribution in [3.63, 3.8) is 0 Å². The maximum atomic E-state index is 13.0. The predicted octanol–water partition coefficient (Wildman–Crippen LogP) is 3.72. The molecular weight excluding hydrogens is 402 g/mol. The third kappa shape index (κ3) is 5.23. The number of urea groups is 1. The standard InChI is InChI=1S/C25H29N5O2/c1-18(2)27-25(32)28-22-10-4-7-20(16-22)24(31)30-14-12-29(13-15-30)17-21-8-3-6-19-9-5-11-26-23(19)21/h3-11,16,18H,12-15,17H2,1-2H3,(H2,27,28,32). The van der Waals surface area contributed by atoms with Crippen molar-refractivity contribution in [2.24, 2.45) is 0 Å². The van der Waals surface area contributed by atoms with Gasteiger partial charge >= 0.3 is 6.03 Å². The van der Waals surface area contributed by atoms with Crippen LogP contribution in [0.2, 0.25) is 0 Å². The number of carbonyl (C=O) groups excluding carboxylic acids is 2. The summed E-state index contributed by atoms with van der Waals surface area (Å²) in [7, 11) is 0. The van der Waals surface area contributed by atoms with Crippen molar-refractivity contribution in [3.8, 4) is 0 Å². The Morgan fingerprint density at radius 1 is 1.00 bits per heavy atom. The Kier molecular flexibility index (Phi) is 6.66. The number of fused-ring (bicyclic) bond motifs is 1. The molecule has 1 aliphatic rings. The molecule has 166 valence electrons.